The van der Waals surface area contributed by atoms with Gasteiger partial charge in [0, 0.05) is 10.2 Å². The van der Waals surface area contributed by atoms with Crippen LogP contribution >= 0.6 is 15.9 Å². The molecule has 0 unspecified atom stereocenters. The van der Waals surface area contributed by atoms with Gasteiger partial charge in [0.15, 0.2) is 0 Å². The Morgan fingerprint density at radius 2 is 2.05 bits per heavy atom. The van der Waals surface area contributed by atoms with Crippen LogP contribution in [0.5, 0.6) is 0 Å². The molecule has 0 bridgehead atoms. The van der Waals surface area contributed by atoms with Crippen LogP contribution in [-0.4, -0.2) is 18.4 Å². The van der Waals surface area contributed by atoms with E-state index < -0.39 is 5.41 Å². The van der Waals surface area contributed by atoms with Crippen LogP contribution in [0.15, 0.2) is 22.7 Å². The molecule has 1 aliphatic carbocycles. The smallest absolute Gasteiger partial charge is 0.243 e. The van der Waals surface area contributed by atoms with Crippen molar-refractivity contribution < 1.29 is 9.59 Å². The summed E-state index contributed by atoms with van der Waals surface area (Å²) in [4.78, 5) is 24.1. The molecule has 22 heavy (non-hydrogen) atoms. The summed E-state index contributed by atoms with van der Waals surface area (Å²) >= 11 is 3.36. The zero-order chi connectivity index (χ0) is 16.2. The Morgan fingerprint density at radius 1 is 1.36 bits per heavy atom. The van der Waals surface area contributed by atoms with E-state index in [9.17, 15) is 14.9 Å². The Balaban J connectivity index is 1.90. The van der Waals surface area contributed by atoms with Crippen molar-refractivity contribution in [1.29, 1.82) is 5.26 Å². The summed E-state index contributed by atoms with van der Waals surface area (Å²) in [5.41, 5.74) is 0.685. The second kappa shape index (κ2) is 6.93. The summed E-state index contributed by atoms with van der Waals surface area (Å²) in [5, 5.41) is 14.6. The average Bonchev–Trinajstić information content (AvgIpc) is 2.98. The van der Waals surface area contributed by atoms with Crippen molar-refractivity contribution in [3.63, 3.8) is 0 Å². The predicted octanol–water partition coefficient (Wildman–Crippen LogP) is 2.90. The number of amides is 2. The van der Waals surface area contributed by atoms with Crippen LogP contribution in [0.3, 0.4) is 0 Å². The number of benzene rings is 1. The molecule has 0 aromatic heterocycles. The minimum Gasteiger partial charge on any atom is -0.346 e. The fraction of sp³-hybridized carbons (Fsp3) is 0.438. The maximum Gasteiger partial charge on any atom is 0.243 e. The van der Waals surface area contributed by atoms with E-state index >= 15 is 0 Å². The Hall–Kier alpha value is -1.87. The van der Waals surface area contributed by atoms with Gasteiger partial charge in [0.2, 0.25) is 11.8 Å². The van der Waals surface area contributed by atoms with Gasteiger partial charge >= 0.3 is 0 Å². The Labute approximate surface area is 138 Å². The fourth-order valence-corrected chi connectivity index (χ4v) is 3.14. The van der Waals surface area contributed by atoms with Crippen molar-refractivity contribution in [2.24, 2.45) is 5.41 Å². The van der Waals surface area contributed by atoms with Crippen molar-refractivity contribution in [2.45, 2.75) is 32.6 Å². The molecule has 0 heterocycles. The lowest BCUT2D eigenvalue weighted by atomic mass is 9.87. The number of carbonyl (C=O) groups is 2. The van der Waals surface area contributed by atoms with Crippen molar-refractivity contribution in [3.05, 3.63) is 28.2 Å². The molecule has 2 rings (SSSR count). The molecule has 0 saturated heterocycles. The summed E-state index contributed by atoms with van der Waals surface area (Å²) in [6.45, 7) is 1.76. The quantitative estimate of drug-likeness (QED) is 0.862. The van der Waals surface area contributed by atoms with E-state index in [0.29, 0.717) is 18.5 Å². The second-order valence-corrected chi connectivity index (χ2v) is 6.51. The molecule has 2 amide bonds. The third kappa shape index (κ3) is 3.66. The number of nitrogens with one attached hydrogen (secondary N) is 2. The number of nitriles is 1. The minimum atomic E-state index is -0.951. The average molecular weight is 364 g/mol. The lowest BCUT2D eigenvalue weighted by Gasteiger charge is -2.19. The molecule has 0 aliphatic heterocycles. The Bertz CT molecular complexity index is 631. The van der Waals surface area contributed by atoms with Gasteiger partial charge in [-0.3, -0.25) is 9.59 Å². The molecule has 0 spiro atoms. The molecule has 6 heteroatoms. The van der Waals surface area contributed by atoms with E-state index in [4.69, 9.17) is 0 Å². The Morgan fingerprint density at radius 3 is 2.64 bits per heavy atom. The summed E-state index contributed by atoms with van der Waals surface area (Å²) < 4.78 is 0.938. The first kappa shape index (κ1) is 16.5. The van der Waals surface area contributed by atoms with Crippen LogP contribution in [-0.2, 0) is 9.59 Å². The fourth-order valence-electron chi connectivity index (χ4n) is 2.66. The standard InChI is InChI=1S/C16H18BrN3O2/c1-11-8-12(17)4-5-13(11)20-14(21)9-19-15(22)16(10-18)6-2-3-7-16/h4-5,8H,2-3,6-7,9H2,1H3,(H,19,22)(H,20,21). The number of hydrogen-bond donors (Lipinski definition) is 2. The number of carbonyl (C=O) groups excluding carboxylic acids is 2. The summed E-state index contributed by atoms with van der Waals surface area (Å²) in [6, 6.07) is 7.65. The van der Waals surface area contributed by atoms with Crippen LogP contribution in [0.1, 0.15) is 31.2 Å². The number of anilines is 1. The zero-order valence-electron chi connectivity index (χ0n) is 12.4. The molecular formula is C16H18BrN3O2. The summed E-state index contributed by atoms with van der Waals surface area (Å²) in [6.07, 6.45) is 2.90. The highest BCUT2D eigenvalue weighted by molar-refractivity contribution is 9.10. The van der Waals surface area contributed by atoms with Crippen molar-refractivity contribution in [2.75, 3.05) is 11.9 Å². The number of halogens is 1. The third-order valence-electron chi connectivity index (χ3n) is 3.98. The molecule has 5 nitrogen and oxygen atoms in total. The zero-order valence-corrected chi connectivity index (χ0v) is 14.0. The molecule has 1 aromatic carbocycles. The number of hydrogen-bond acceptors (Lipinski definition) is 3. The van der Waals surface area contributed by atoms with Crippen LogP contribution in [0, 0.1) is 23.7 Å². The summed E-state index contributed by atoms with van der Waals surface area (Å²) in [5.74, 6) is -0.639. The van der Waals surface area contributed by atoms with Gasteiger partial charge in [0.1, 0.15) is 5.41 Å². The molecular weight excluding hydrogens is 346 g/mol. The lowest BCUT2D eigenvalue weighted by Crippen LogP contribution is -2.42. The van der Waals surface area contributed by atoms with Gasteiger partial charge in [-0.1, -0.05) is 28.8 Å². The van der Waals surface area contributed by atoms with Gasteiger partial charge in [-0.05, 0) is 43.5 Å². The van der Waals surface area contributed by atoms with E-state index in [-0.39, 0.29) is 18.4 Å². The molecule has 0 radical (unpaired) electrons. The predicted molar refractivity (Wildman–Crippen MR) is 87.0 cm³/mol. The topological polar surface area (TPSA) is 82.0 Å². The van der Waals surface area contributed by atoms with E-state index in [1.807, 2.05) is 19.1 Å². The van der Waals surface area contributed by atoms with Gasteiger partial charge in [-0.2, -0.15) is 5.26 Å². The van der Waals surface area contributed by atoms with Gasteiger partial charge < -0.3 is 10.6 Å². The Kier molecular flexibility index (Phi) is 5.19. The lowest BCUT2D eigenvalue weighted by molar-refractivity contribution is -0.129. The highest BCUT2D eigenvalue weighted by atomic mass is 79.9. The highest BCUT2D eigenvalue weighted by Crippen LogP contribution is 2.37. The first-order valence-electron chi connectivity index (χ1n) is 7.22. The first-order chi connectivity index (χ1) is 10.5. The van der Waals surface area contributed by atoms with E-state index in [1.54, 1.807) is 6.07 Å². The molecule has 1 aromatic rings. The minimum absolute atomic E-state index is 0.127. The van der Waals surface area contributed by atoms with Crippen LogP contribution < -0.4 is 10.6 Å². The van der Waals surface area contributed by atoms with Crippen LogP contribution in [0.4, 0.5) is 5.69 Å². The maximum absolute atomic E-state index is 12.1. The monoisotopic (exact) mass is 363 g/mol. The van der Waals surface area contributed by atoms with Gasteiger partial charge in [0.05, 0.1) is 12.6 Å². The van der Waals surface area contributed by atoms with E-state index in [0.717, 1.165) is 22.9 Å². The summed E-state index contributed by atoms with van der Waals surface area (Å²) in [7, 11) is 0. The van der Waals surface area contributed by atoms with Gasteiger partial charge in [0.25, 0.3) is 0 Å². The normalized spacial score (nSPS) is 15.9. The molecule has 116 valence electrons. The largest absolute Gasteiger partial charge is 0.346 e. The number of aryl methyl sites for hydroxylation is 1. The molecule has 1 fully saturated rings. The maximum atomic E-state index is 12.1. The number of nitrogens with zero attached hydrogens (tertiary/aromatic N) is 1. The van der Waals surface area contributed by atoms with E-state index in [1.165, 1.54) is 0 Å². The van der Waals surface area contributed by atoms with Crippen molar-refractivity contribution in [1.82, 2.24) is 5.32 Å². The van der Waals surface area contributed by atoms with Crippen molar-refractivity contribution >= 4 is 33.4 Å². The van der Waals surface area contributed by atoms with Gasteiger partial charge in [-0.25, -0.2) is 0 Å². The third-order valence-corrected chi connectivity index (χ3v) is 4.47. The SMILES string of the molecule is Cc1cc(Br)ccc1NC(=O)CNC(=O)C1(C#N)CCCC1. The number of rotatable bonds is 4. The van der Waals surface area contributed by atoms with Crippen LogP contribution in [0.2, 0.25) is 0 Å². The highest BCUT2D eigenvalue weighted by Gasteiger charge is 2.41. The molecule has 1 aliphatic rings. The molecule has 0 atom stereocenters. The molecule has 1 saturated carbocycles. The van der Waals surface area contributed by atoms with E-state index in [2.05, 4.69) is 32.6 Å². The molecule has 2 N–H and O–H groups in total. The second-order valence-electron chi connectivity index (χ2n) is 5.59. The first-order valence-corrected chi connectivity index (χ1v) is 8.02. The van der Waals surface area contributed by atoms with Crippen molar-refractivity contribution in [3.8, 4) is 6.07 Å². The van der Waals surface area contributed by atoms with Crippen LogP contribution in [0.25, 0.3) is 0 Å². The van der Waals surface area contributed by atoms with Gasteiger partial charge in [-0.15, -0.1) is 0 Å².